The van der Waals surface area contributed by atoms with Crippen LogP contribution < -0.4 is 5.32 Å². The number of carboxylic acids is 1. The van der Waals surface area contributed by atoms with E-state index in [4.69, 9.17) is 0 Å². The molecular formula is C17H18F2N4O4. The maximum absolute atomic E-state index is 13.9. The SMILES string of the molecule is CC(=O)NCCN(C(=O)c1ccn(-c2ccc(F)cc2F)n1)C(C)C(=O)O. The fraction of sp³-hybridized carbons (Fsp3) is 0.294. The number of carbonyl (C=O) groups is 3. The molecule has 0 saturated carbocycles. The monoisotopic (exact) mass is 380 g/mol. The zero-order chi connectivity index (χ0) is 20.1. The van der Waals surface area contributed by atoms with E-state index in [1.165, 1.54) is 32.2 Å². The summed E-state index contributed by atoms with van der Waals surface area (Å²) >= 11 is 0. The summed E-state index contributed by atoms with van der Waals surface area (Å²) in [6.07, 6.45) is 1.31. The van der Waals surface area contributed by atoms with Crippen molar-refractivity contribution in [2.75, 3.05) is 13.1 Å². The molecule has 8 nitrogen and oxygen atoms in total. The van der Waals surface area contributed by atoms with Crippen LogP contribution in [0.15, 0.2) is 30.5 Å². The summed E-state index contributed by atoms with van der Waals surface area (Å²) in [5.41, 5.74) is -0.179. The van der Waals surface area contributed by atoms with Gasteiger partial charge in [-0.3, -0.25) is 9.59 Å². The zero-order valence-electron chi connectivity index (χ0n) is 14.6. The van der Waals surface area contributed by atoms with Crippen LogP contribution in [0.3, 0.4) is 0 Å². The lowest BCUT2D eigenvalue weighted by molar-refractivity contribution is -0.141. The normalized spacial score (nSPS) is 11.7. The number of carboxylic acid groups (broad SMARTS) is 1. The summed E-state index contributed by atoms with van der Waals surface area (Å²) in [6.45, 7) is 2.63. The van der Waals surface area contributed by atoms with Gasteiger partial charge in [0.15, 0.2) is 11.5 Å². The van der Waals surface area contributed by atoms with Gasteiger partial charge < -0.3 is 15.3 Å². The predicted molar refractivity (Wildman–Crippen MR) is 90.3 cm³/mol. The van der Waals surface area contributed by atoms with E-state index in [2.05, 4.69) is 10.4 Å². The molecule has 1 atom stereocenters. The number of hydrogen-bond acceptors (Lipinski definition) is 4. The molecule has 1 aromatic carbocycles. The van der Waals surface area contributed by atoms with Crippen LogP contribution in [0.4, 0.5) is 8.78 Å². The van der Waals surface area contributed by atoms with Crippen LogP contribution in [-0.2, 0) is 9.59 Å². The second-order valence-corrected chi connectivity index (χ2v) is 5.74. The lowest BCUT2D eigenvalue weighted by Crippen LogP contribution is -2.46. The van der Waals surface area contributed by atoms with Gasteiger partial charge in [-0.1, -0.05) is 0 Å². The van der Waals surface area contributed by atoms with E-state index < -0.39 is 29.6 Å². The lowest BCUT2D eigenvalue weighted by atomic mass is 10.2. The van der Waals surface area contributed by atoms with Crippen LogP contribution in [0.1, 0.15) is 24.3 Å². The number of aliphatic carboxylic acids is 1. The first kappa shape index (κ1) is 20.0. The van der Waals surface area contributed by atoms with E-state index in [-0.39, 0.29) is 30.4 Å². The first-order valence-electron chi connectivity index (χ1n) is 8.00. The fourth-order valence-electron chi connectivity index (χ4n) is 2.34. The first-order chi connectivity index (χ1) is 12.7. The van der Waals surface area contributed by atoms with Crippen molar-refractivity contribution in [3.05, 3.63) is 47.8 Å². The molecule has 1 aromatic heterocycles. The molecule has 0 spiro atoms. The summed E-state index contributed by atoms with van der Waals surface area (Å²) in [5, 5.41) is 15.7. The van der Waals surface area contributed by atoms with E-state index in [1.54, 1.807) is 0 Å². The maximum atomic E-state index is 13.9. The van der Waals surface area contributed by atoms with Gasteiger partial charge in [0.1, 0.15) is 17.5 Å². The van der Waals surface area contributed by atoms with Crippen molar-refractivity contribution in [1.82, 2.24) is 20.0 Å². The molecule has 0 saturated heterocycles. The molecule has 2 rings (SSSR count). The van der Waals surface area contributed by atoms with Crippen molar-refractivity contribution in [2.45, 2.75) is 19.9 Å². The number of aromatic nitrogens is 2. The number of halogens is 2. The second-order valence-electron chi connectivity index (χ2n) is 5.74. The highest BCUT2D eigenvalue weighted by atomic mass is 19.1. The van der Waals surface area contributed by atoms with Crippen molar-refractivity contribution in [3.63, 3.8) is 0 Å². The van der Waals surface area contributed by atoms with Crippen molar-refractivity contribution >= 4 is 17.8 Å². The Morgan fingerprint density at radius 2 is 2.00 bits per heavy atom. The van der Waals surface area contributed by atoms with Crippen LogP contribution >= 0.6 is 0 Å². The van der Waals surface area contributed by atoms with Crippen molar-refractivity contribution in [3.8, 4) is 5.69 Å². The Morgan fingerprint density at radius 3 is 2.59 bits per heavy atom. The number of rotatable bonds is 7. The van der Waals surface area contributed by atoms with Crippen molar-refractivity contribution in [2.24, 2.45) is 0 Å². The Morgan fingerprint density at radius 1 is 1.30 bits per heavy atom. The van der Waals surface area contributed by atoms with Gasteiger partial charge in [-0.2, -0.15) is 5.10 Å². The van der Waals surface area contributed by atoms with Crippen molar-refractivity contribution in [1.29, 1.82) is 0 Å². The molecule has 1 heterocycles. The Labute approximate surface area is 153 Å². The third kappa shape index (κ3) is 4.87. The summed E-state index contributed by atoms with van der Waals surface area (Å²) in [4.78, 5) is 36.0. The molecular weight excluding hydrogens is 362 g/mol. The van der Waals surface area contributed by atoms with E-state index in [0.717, 1.165) is 15.6 Å². The van der Waals surface area contributed by atoms with E-state index in [0.29, 0.717) is 6.07 Å². The van der Waals surface area contributed by atoms with E-state index in [9.17, 15) is 28.3 Å². The van der Waals surface area contributed by atoms with Crippen LogP contribution in [0, 0.1) is 11.6 Å². The molecule has 0 bridgehead atoms. The molecule has 2 amide bonds. The van der Waals surface area contributed by atoms with Crippen molar-refractivity contribution < 1.29 is 28.3 Å². The predicted octanol–water partition coefficient (Wildman–Crippen LogP) is 1.20. The molecule has 1 unspecified atom stereocenters. The third-order valence-electron chi connectivity index (χ3n) is 3.78. The minimum atomic E-state index is -1.23. The smallest absolute Gasteiger partial charge is 0.326 e. The molecule has 144 valence electrons. The number of amides is 2. The maximum Gasteiger partial charge on any atom is 0.326 e. The molecule has 0 aliphatic heterocycles. The number of carbonyl (C=O) groups excluding carboxylic acids is 2. The zero-order valence-corrected chi connectivity index (χ0v) is 14.6. The van der Waals surface area contributed by atoms with Gasteiger partial charge in [-0.15, -0.1) is 0 Å². The number of benzene rings is 1. The van der Waals surface area contributed by atoms with Gasteiger partial charge in [0.2, 0.25) is 5.91 Å². The minimum absolute atomic E-state index is 0.0519. The molecule has 0 aliphatic rings. The molecule has 10 heteroatoms. The van der Waals surface area contributed by atoms with Gasteiger partial charge in [-0.25, -0.2) is 18.3 Å². The van der Waals surface area contributed by atoms with E-state index >= 15 is 0 Å². The molecule has 2 N–H and O–H groups in total. The molecule has 27 heavy (non-hydrogen) atoms. The van der Waals surface area contributed by atoms with Gasteiger partial charge in [0.05, 0.1) is 0 Å². The molecule has 0 radical (unpaired) electrons. The van der Waals surface area contributed by atoms with Crippen LogP contribution in [-0.4, -0.2) is 56.7 Å². The highest BCUT2D eigenvalue weighted by Crippen LogP contribution is 2.15. The van der Waals surface area contributed by atoms with Crippen LogP contribution in [0.25, 0.3) is 5.69 Å². The Bertz CT molecular complexity index is 868. The third-order valence-corrected chi connectivity index (χ3v) is 3.78. The van der Waals surface area contributed by atoms with E-state index in [1.807, 2.05) is 0 Å². The standard InChI is InChI=1S/C17H18F2N4O4/c1-10(17(26)27)22(8-6-20-11(2)24)16(25)14-5-7-23(21-14)15-4-3-12(18)9-13(15)19/h3-5,7,9-10H,6,8H2,1-2H3,(H,20,24)(H,26,27). The quantitative estimate of drug-likeness (QED) is 0.751. The summed E-state index contributed by atoms with van der Waals surface area (Å²) in [5.74, 6) is -3.86. The number of nitrogens with zero attached hydrogens (tertiary/aromatic N) is 3. The lowest BCUT2D eigenvalue weighted by Gasteiger charge is -2.25. The van der Waals surface area contributed by atoms with Crippen LogP contribution in [0.2, 0.25) is 0 Å². The number of hydrogen-bond donors (Lipinski definition) is 2. The topological polar surface area (TPSA) is 105 Å². The summed E-state index contributed by atoms with van der Waals surface area (Å²) < 4.78 is 27.9. The highest BCUT2D eigenvalue weighted by molar-refractivity contribution is 5.95. The van der Waals surface area contributed by atoms with Gasteiger partial charge in [0, 0.05) is 32.3 Å². The average molecular weight is 380 g/mol. The minimum Gasteiger partial charge on any atom is -0.480 e. The average Bonchev–Trinajstić information content (AvgIpc) is 3.07. The largest absolute Gasteiger partial charge is 0.480 e. The second kappa shape index (κ2) is 8.39. The first-order valence-corrected chi connectivity index (χ1v) is 8.00. The molecule has 0 fully saturated rings. The molecule has 2 aromatic rings. The van der Waals surface area contributed by atoms with Gasteiger partial charge >= 0.3 is 5.97 Å². The summed E-state index contributed by atoms with van der Waals surface area (Å²) in [7, 11) is 0. The molecule has 0 aliphatic carbocycles. The summed E-state index contributed by atoms with van der Waals surface area (Å²) in [6, 6.07) is 3.03. The van der Waals surface area contributed by atoms with Gasteiger partial charge in [-0.05, 0) is 25.1 Å². The Balaban J connectivity index is 2.25. The Kier molecular flexibility index (Phi) is 6.22. The number of nitrogens with one attached hydrogen (secondary N) is 1. The van der Waals surface area contributed by atoms with Crippen LogP contribution in [0.5, 0.6) is 0 Å². The van der Waals surface area contributed by atoms with Gasteiger partial charge in [0.25, 0.3) is 5.91 Å². The fourth-order valence-corrected chi connectivity index (χ4v) is 2.34. The Hall–Kier alpha value is -3.30. The highest BCUT2D eigenvalue weighted by Gasteiger charge is 2.28.